The molecule has 0 aliphatic carbocycles. The van der Waals surface area contributed by atoms with E-state index >= 15 is 0 Å². The Morgan fingerprint density at radius 1 is 1.11 bits per heavy atom. The first kappa shape index (κ1) is 25.2. The fourth-order valence-electron chi connectivity index (χ4n) is 4.09. The third-order valence-electron chi connectivity index (χ3n) is 6.05. The van der Waals surface area contributed by atoms with Crippen LogP contribution in [-0.4, -0.2) is 37.6 Å². The number of hydrogen-bond acceptors (Lipinski definition) is 7. The summed E-state index contributed by atoms with van der Waals surface area (Å²) in [5.41, 5.74) is 3.03. The van der Waals surface area contributed by atoms with Crippen molar-refractivity contribution in [2.75, 3.05) is 23.3 Å². The van der Waals surface area contributed by atoms with Gasteiger partial charge in [0, 0.05) is 19.6 Å². The Balaban J connectivity index is 1.55. The predicted octanol–water partition coefficient (Wildman–Crippen LogP) is 5.00. The van der Waals surface area contributed by atoms with E-state index in [9.17, 15) is 18.3 Å². The Morgan fingerprint density at radius 2 is 1.86 bits per heavy atom. The van der Waals surface area contributed by atoms with Gasteiger partial charge in [-0.3, -0.25) is 9.52 Å². The third kappa shape index (κ3) is 6.01. The number of phenolic OH excluding ortho intramolecular Hbond substituents is 1. The summed E-state index contributed by atoms with van der Waals surface area (Å²) in [6.45, 7) is 6.69. The topological polar surface area (TPSA) is 118 Å². The van der Waals surface area contributed by atoms with Gasteiger partial charge in [0.1, 0.15) is 5.75 Å². The first-order chi connectivity index (χ1) is 16.6. The van der Waals surface area contributed by atoms with Crippen molar-refractivity contribution in [2.24, 2.45) is 5.92 Å². The van der Waals surface area contributed by atoms with Crippen LogP contribution in [0.2, 0.25) is 0 Å². The van der Waals surface area contributed by atoms with Gasteiger partial charge < -0.3 is 15.2 Å². The molecule has 0 atom stereocenters. The number of nitrogens with zero attached hydrogens (tertiary/aromatic N) is 1. The monoisotopic (exact) mass is 515 g/mol. The van der Waals surface area contributed by atoms with E-state index in [1.807, 2.05) is 13.0 Å². The smallest absolute Gasteiger partial charge is 0.262 e. The Hall–Kier alpha value is -2.95. The molecule has 0 unspecified atom stereocenters. The zero-order valence-corrected chi connectivity index (χ0v) is 21.6. The van der Waals surface area contributed by atoms with Crippen LogP contribution in [0.1, 0.15) is 36.1 Å². The number of sulfonamides is 1. The normalized spacial score (nSPS) is 14.6. The molecular formula is C25H29N3O5S2. The van der Waals surface area contributed by atoms with Gasteiger partial charge in [-0.2, -0.15) is 0 Å². The molecule has 0 radical (unpaired) electrons. The van der Waals surface area contributed by atoms with Gasteiger partial charge in [-0.25, -0.2) is 13.4 Å². The molecule has 1 amide bonds. The number of carbonyl (C=O) groups is 1. The Bertz CT molecular complexity index is 1350. The van der Waals surface area contributed by atoms with E-state index in [-0.39, 0.29) is 16.6 Å². The second kappa shape index (κ2) is 10.3. The van der Waals surface area contributed by atoms with Gasteiger partial charge in [-0.05, 0) is 80.5 Å². The van der Waals surface area contributed by atoms with Crippen molar-refractivity contribution >= 4 is 38.1 Å². The number of phenols is 1. The number of amides is 1. The largest absolute Gasteiger partial charge is 0.508 e. The summed E-state index contributed by atoms with van der Waals surface area (Å²) in [4.78, 5) is 17.9. The van der Waals surface area contributed by atoms with Crippen LogP contribution in [0.3, 0.4) is 0 Å². The molecule has 2 heterocycles. The van der Waals surface area contributed by atoms with Gasteiger partial charge >= 0.3 is 0 Å². The minimum Gasteiger partial charge on any atom is -0.508 e. The summed E-state index contributed by atoms with van der Waals surface area (Å²) in [6.07, 6.45) is 2.20. The van der Waals surface area contributed by atoms with Crippen LogP contribution in [-0.2, 0) is 19.6 Å². The lowest BCUT2D eigenvalue weighted by Gasteiger charge is -2.20. The lowest BCUT2D eigenvalue weighted by Crippen LogP contribution is -2.22. The van der Waals surface area contributed by atoms with Crippen LogP contribution < -0.4 is 10.0 Å². The van der Waals surface area contributed by atoms with Crippen LogP contribution in [0.4, 0.5) is 10.8 Å². The lowest BCUT2D eigenvalue weighted by molar-refractivity contribution is -0.117. The highest BCUT2D eigenvalue weighted by atomic mass is 32.2. The Kier molecular flexibility index (Phi) is 7.44. The Morgan fingerprint density at radius 3 is 2.57 bits per heavy atom. The fraction of sp³-hybridized carbons (Fsp3) is 0.360. The van der Waals surface area contributed by atoms with Crippen LogP contribution >= 0.6 is 11.3 Å². The number of aryl methyl sites for hydroxylation is 3. The molecular weight excluding hydrogens is 486 g/mol. The minimum atomic E-state index is -3.88. The quantitative estimate of drug-likeness (QED) is 0.381. The Labute approximate surface area is 209 Å². The second-order valence-electron chi connectivity index (χ2n) is 8.83. The predicted molar refractivity (Wildman–Crippen MR) is 137 cm³/mol. The van der Waals surface area contributed by atoms with Crippen molar-refractivity contribution in [1.29, 1.82) is 0 Å². The maximum absolute atomic E-state index is 13.2. The molecule has 0 spiro atoms. The summed E-state index contributed by atoms with van der Waals surface area (Å²) in [6, 6.07) is 9.71. The molecule has 1 aliphatic rings. The number of rotatable bonds is 7. The number of anilines is 2. The van der Waals surface area contributed by atoms with Crippen LogP contribution in [0.25, 0.3) is 10.4 Å². The SMILES string of the molecule is Cc1cc(O)ccc1NS(=O)(=O)c1cc(-c2sc(NC(=O)CC3CCOCC3)nc2C)ccc1C. The van der Waals surface area contributed by atoms with Gasteiger partial charge in [0.25, 0.3) is 10.0 Å². The molecule has 10 heteroatoms. The number of aromatic hydroxyl groups is 1. The number of aromatic nitrogens is 1. The first-order valence-corrected chi connectivity index (χ1v) is 13.7. The molecule has 1 fully saturated rings. The van der Waals surface area contributed by atoms with E-state index in [1.54, 1.807) is 26.0 Å². The highest BCUT2D eigenvalue weighted by molar-refractivity contribution is 7.92. The van der Waals surface area contributed by atoms with Gasteiger partial charge in [0.15, 0.2) is 5.13 Å². The molecule has 8 nitrogen and oxygen atoms in total. The molecule has 1 aliphatic heterocycles. The van der Waals surface area contributed by atoms with Gasteiger partial charge in [0.05, 0.1) is 21.2 Å². The van der Waals surface area contributed by atoms with Crippen molar-refractivity contribution < 1.29 is 23.1 Å². The van der Waals surface area contributed by atoms with Gasteiger partial charge in [-0.1, -0.05) is 23.5 Å². The van der Waals surface area contributed by atoms with E-state index < -0.39 is 10.0 Å². The summed E-state index contributed by atoms with van der Waals surface area (Å²) >= 11 is 1.33. The average molecular weight is 516 g/mol. The van der Waals surface area contributed by atoms with Crippen molar-refractivity contribution in [3.05, 3.63) is 53.2 Å². The summed E-state index contributed by atoms with van der Waals surface area (Å²) in [5.74, 6) is 0.316. The highest BCUT2D eigenvalue weighted by Gasteiger charge is 2.22. The van der Waals surface area contributed by atoms with Gasteiger partial charge in [-0.15, -0.1) is 0 Å². The van der Waals surface area contributed by atoms with Gasteiger partial charge in [0.2, 0.25) is 5.91 Å². The molecule has 35 heavy (non-hydrogen) atoms. The number of hydrogen-bond donors (Lipinski definition) is 3. The molecule has 1 saturated heterocycles. The number of ether oxygens (including phenoxy) is 1. The fourth-order valence-corrected chi connectivity index (χ4v) is 6.48. The highest BCUT2D eigenvalue weighted by Crippen LogP contribution is 2.35. The lowest BCUT2D eigenvalue weighted by atomic mass is 9.96. The van der Waals surface area contributed by atoms with E-state index in [2.05, 4.69) is 15.0 Å². The van der Waals surface area contributed by atoms with Crippen LogP contribution in [0.15, 0.2) is 41.3 Å². The number of benzene rings is 2. The van der Waals surface area contributed by atoms with E-state index in [0.29, 0.717) is 58.8 Å². The van der Waals surface area contributed by atoms with Crippen LogP contribution in [0.5, 0.6) is 5.75 Å². The average Bonchev–Trinajstić information content (AvgIpc) is 3.16. The zero-order valence-electron chi connectivity index (χ0n) is 19.9. The molecule has 186 valence electrons. The van der Waals surface area contributed by atoms with Crippen LogP contribution in [0, 0.1) is 26.7 Å². The molecule has 0 bridgehead atoms. The number of carbonyl (C=O) groups excluding carboxylic acids is 1. The molecule has 2 aromatic carbocycles. The summed E-state index contributed by atoms with van der Waals surface area (Å²) < 4.78 is 34.4. The van der Waals surface area contributed by atoms with Crippen molar-refractivity contribution in [2.45, 2.75) is 44.9 Å². The second-order valence-corrected chi connectivity index (χ2v) is 11.5. The third-order valence-corrected chi connectivity index (χ3v) is 8.68. The molecule has 0 saturated carbocycles. The van der Waals surface area contributed by atoms with Crippen molar-refractivity contribution in [1.82, 2.24) is 4.98 Å². The first-order valence-electron chi connectivity index (χ1n) is 11.4. The number of nitrogens with one attached hydrogen (secondary N) is 2. The van der Waals surface area contributed by atoms with E-state index in [0.717, 1.165) is 17.7 Å². The van der Waals surface area contributed by atoms with E-state index in [1.165, 1.54) is 29.5 Å². The maximum Gasteiger partial charge on any atom is 0.262 e. The standard InChI is InChI=1S/C25H29N3O5S2/c1-15-4-5-19(14-22(15)35(31,32)28-21-7-6-20(29)12-16(21)2)24-17(3)26-25(34-24)27-23(30)13-18-8-10-33-11-9-18/h4-7,12,14,18,28-29H,8-11,13H2,1-3H3,(H,26,27,30). The zero-order chi connectivity index (χ0) is 25.2. The molecule has 3 N–H and O–H groups in total. The molecule has 1 aromatic heterocycles. The van der Waals surface area contributed by atoms with Crippen molar-refractivity contribution in [3.63, 3.8) is 0 Å². The number of thiazole rings is 1. The van der Waals surface area contributed by atoms with Crippen molar-refractivity contribution in [3.8, 4) is 16.2 Å². The summed E-state index contributed by atoms with van der Waals surface area (Å²) in [7, 11) is -3.88. The summed E-state index contributed by atoms with van der Waals surface area (Å²) in [5, 5.41) is 13.0. The molecule has 4 rings (SSSR count). The van der Waals surface area contributed by atoms with E-state index in [4.69, 9.17) is 4.74 Å². The maximum atomic E-state index is 13.2. The molecule has 3 aromatic rings. The minimum absolute atomic E-state index is 0.0694.